The average molecular weight is 460 g/mol. The maximum absolute atomic E-state index is 12.7. The highest BCUT2D eigenvalue weighted by atomic mass is 32.2. The van der Waals surface area contributed by atoms with Crippen LogP contribution in [-0.4, -0.2) is 41.3 Å². The van der Waals surface area contributed by atoms with Gasteiger partial charge in [0, 0.05) is 10.9 Å². The number of imidazole rings is 1. The maximum Gasteiger partial charge on any atom is 0.341 e. The van der Waals surface area contributed by atoms with Crippen LogP contribution >= 0.6 is 23.1 Å². The third kappa shape index (κ3) is 4.72. The Kier molecular flexibility index (Phi) is 6.52. The summed E-state index contributed by atoms with van der Waals surface area (Å²) in [4.78, 5) is 34.1. The maximum atomic E-state index is 12.7. The first kappa shape index (κ1) is 21.7. The molecule has 9 heteroatoms. The van der Waals surface area contributed by atoms with Gasteiger partial charge in [0.2, 0.25) is 5.91 Å². The van der Waals surface area contributed by atoms with Crippen LogP contribution < -0.4 is 10.1 Å². The van der Waals surface area contributed by atoms with Crippen LogP contribution in [0.1, 0.15) is 41.1 Å². The standard InChI is InChI=1S/C22H25N3O4S2/c1-4-29-21(27)19-14-7-5-12(2)9-17(14)31-20(19)25-18(26)11-30-22-23-15-8-6-13(28-3)10-16(15)24-22/h6,8,10,12H,4-5,7,9,11H2,1-3H3,(H,23,24)(H,25,26)/t12-/m0/s1. The second-order valence-electron chi connectivity index (χ2n) is 7.54. The molecule has 164 valence electrons. The molecule has 0 unspecified atom stereocenters. The smallest absolute Gasteiger partial charge is 0.341 e. The molecule has 31 heavy (non-hydrogen) atoms. The third-order valence-electron chi connectivity index (χ3n) is 5.25. The van der Waals surface area contributed by atoms with Gasteiger partial charge in [-0.25, -0.2) is 9.78 Å². The van der Waals surface area contributed by atoms with Gasteiger partial charge in [0.15, 0.2) is 5.16 Å². The number of thiophene rings is 1. The number of aromatic amines is 1. The molecular weight excluding hydrogens is 434 g/mol. The van der Waals surface area contributed by atoms with Gasteiger partial charge in [-0.1, -0.05) is 18.7 Å². The molecule has 1 amide bonds. The molecule has 2 N–H and O–H groups in total. The lowest BCUT2D eigenvalue weighted by Gasteiger charge is -2.18. The summed E-state index contributed by atoms with van der Waals surface area (Å²) in [6, 6.07) is 5.59. The highest BCUT2D eigenvalue weighted by molar-refractivity contribution is 7.99. The Morgan fingerprint density at radius 3 is 3.00 bits per heavy atom. The Hall–Kier alpha value is -2.52. The molecule has 1 aromatic carbocycles. The first-order chi connectivity index (χ1) is 15.0. The number of nitrogens with zero attached hydrogens (tertiary/aromatic N) is 1. The van der Waals surface area contributed by atoms with Gasteiger partial charge in [-0.2, -0.15) is 0 Å². The second-order valence-corrected chi connectivity index (χ2v) is 9.61. The molecule has 3 aromatic rings. The van der Waals surface area contributed by atoms with Crippen molar-refractivity contribution in [3.63, 3.8) is 0 Å². The van der Waals surface area contributed by atoms with Gasteiger partial charge in [0.05, 0.1) is 36.1 Å². The summed E-state index contributed by atoms with van der Waals surface area (Å²) in [5.74, 6) is 0.960. The average Bonchev–Trinajstić information content (AvgIpc) is 3.31. The number of benzene rings is 1. The fourth-order valence-corrected chi connectivity index (χ4v) is 5.82. The largest absolute Gasteiger partial charge is 0.497 e. The number of thioether (sulfide) groups is 1. The van der Waals surface area contributed by atoms with E-state index in [1.54, 1.807) is 14.0 Å². The lowest BCUT2D eigenvalue weighted by atomic mass is 9.88. The van der Waals surface area contributed by atoms with Gasteiger partial charge in [-0.3, -0.25) is 4.79 Å². The topological polar surface area (TPSA) is 93.3 Å². The minimum atomic E-state index is -0.358. The van der Waals surface area contributed by atoms with Crippen molar-refractivity contribution in [3.8, 4) is 5.75 Å². The Morgan fingerprint density at radius 1 is 1.39 bits per heavy atom. The summed E-state index contributed by atoms with van der Waals surface area (Å²) in [5.41, 5.74) is 3.24. The Morgan fingerprint density at radius 2 is 2.23 bits per heavy atom. The van der Waals surface area contributed by atoms with Crippen LogP contribution in [0, 0.1) is 5.92 Å². The number of carbonyl (C=O) groups excluding carboxylic acids is 2. The van der Waals surface area contributed by atoms with E-state index in [-0.39, 0.29) is 17.6 Å². The number of H-pyrrole nitrogens is 1. The number of nitrogens with one attached hydrogen (secondary N) is 2. The molecule has 0 fully saturated rings. The number of fused-ring (bicyclic) bond motifs is 2. The highest BCUT2D eigenvalue weighted by Gasteiger charge is 2.29. The zero-order valence-corrected chi connectivity index (χ0v) is 19.4. The minimum Gasteiger partial charge on any atom is -0.497 e. The Balaban J connectivity index is 1.47. The van der Waals surface area contributed by atoms with Crippen molar-refractivity contribution >= 4 is 51.0 Å². The SMILES string of the molecule is CCOC(=O)c1c(NC(=O)CSc2nc3ccc(OC)cc3[nH]2)sc2c1CC[C@H](C)C2. The van der Waals surface area contributed by atoms with Gasteiger partial charge >= 0.3 is 5.97 Å². The molecule has 0 radical (unpaired) electrons. The van der Waals surface area contributed by atoms with E-state index >= 15 is 0 Å². The summed E-state index contributed by atoms with van der Waals surface area (Å²) in [6.45, 7) is 4.31. The first-order valence-corrected chi connectivity index (χ1v) is 12.1. The molecular formula is C22H25N3O4S2. The van der Waals surface area contributed by atoms with Gasteiger partial charge in [0.25, 0.3) is 0 Å². The zero-order valence-electron chi connectivity index (χ0n) is 17.7. The van der Waals surface area contributed by atoms with E-state index in [2.05, 4.69) is 22.2 Å². The minimum absolute atomic E-state index is 0.179. The summed E-state index contributed by atoms with van der Waals surface area (Å²) in [7, 11) is 1.62. The van der Waals surface area contributed by atoms with E-state index < -0.39 is 0 Å². The predicted octanol–water partition coefficient (Wildman–Crippen LogP) is 4.67. The molecule has 4 rings (SSSR count). The van der Waals surface area contributed by atoms with Crippen molar-refractivity contribution in [2.45, 2.75) is 38.3 Å². The van der Waals surface area contributed by atoms with Crippen LogP contribution in [0.3, 0.4) is 0 Å². The van der Waals surface area contributed by atoms with E-state index in [0.717, 1.165) is 41.6 Å². The second kappa shape index (κ2) is 9.32. The van der Waals surface area contributed by atoms with E-state index in [1.807, 2.05) is 18.2 Å². The molecule has 0 aliphatic heterocycles. The summed E-state index contributed by atoms with van der Waals surface area (Å²) in [6.07, 6.45) is 2.81. The van der Waals surface area contributed by atoms with Crippen LogP contribution in [0.2, 0.25) is 0 Å². The lowest BCUT2D eigenvalue weighted by molar-refractivity contribution is -0.113. The fourth-order valence-electron chi connectivity index (χ4n) is 3.72. The van der Waals surface area contributed by atoms with Crippen LogP contribution in [0.25, 0.3) is 11.0 Å². The number of carbonyl (C=O) groups is 2. The van der Waals surface area contributed by atoms with Crippen LogP contribution in [0.4, 0.5) is 5.00 Å². The number of rotatable bonds is 7. The monoisotopic (exact) mass is 459 g/mol. The first-order valence-electron chi connectivity index (χ1n) is 10.3. The van der Waals surface area contributed by atoms with Gasteiger partial charge in [-0.15, -0.1) is 11.3 Å². The van der Waals surface area contributed by atoms with Crippen LogP contribution in [0.5, 0.6) is 5.75 Å². The van der Waals surface area contributed by atoms with Crippen LogP contribution in [-0.2, 0) is 22.4 Å². The molecule has 2 heterocycles. The molecule has 1 atom stereocenters. The number of amides is 1. The lowest BCUT2D eigenvalue weighted by Crippen LogP contribution is -2.17. The highest BCUT2D eigenvalue weighted by Crippen LogP contribution is 2.40. The normalized spacial score (nSPS) is 15.5. The van der Waals surface area contributed by atoms with Crippen molar-refractivity contribution in [1.82, 2.24) is 9.97 Å². The number of aromatic nitrogens is 2. The van der Waals surface area contributed by atoms with Crippen LogP contribution in [0.15, 0.2) is 23.4 Å². The molecule has 0 spiro atoms. The Bertz CT molecular complexity index is 1120. The number of hydrogen-bond acceptors (Lipinski definition) is 7. The number of esters is 1. The Labute approximate surface area is 188 Å². The van der Waals surface area contributed by atoms with Crippen molar-refractivity contribution in [3.05, 3.63) is 34.2 Å². The van der Waals surface area contributed by atoms with Gasteiger partial charge in [-0.05, 0) is 49.8 Å². The van der Waals surface area contributed by atoms with Gasteiger partial charge < -0.3 is 19.8 Å². The zero-order chi connectivity index (χ0) is 22.0. The molecule has 0 saturated heterocycles. The van der Waals surface area contributed by atoms with E-state index in [4.69, 9.17) is 9.47 Å². The summed E-state index contributed by atoms with van der Waals surface area (Å²) < 4.78 is 10.5. The number of methoxy groups -OCH3 is 1. The van der Waals surface area contributed by atoms with E-state index in [0.29, 0.717) is 28.2 Å². The predicted molar refractivity (Wildman–Crippen MR) is 123 cm³/mol. The van der Waals surface area contributed by atoms with Crippen molar-refractivity contribution < 1.29 is 19.1 Å². The van der Waals surface area contributed by atoms with Crippen molar-refractivity contribution in [1.29, 1.82) is 0 Å². The quantitative estimate of drug-likeness (QED) is 0.394. The molecule has 0 bridgehead atoms. The number of ether oxygens (including phenoxy) is 2. The number of hydrogen-bond donors (Lipinski definition) is 2. The fraction of sp³-hybridized carbons (Fsp3) is 0.409. The molecule has 1 aliphatic carbocycles. The third-order valence-corrected chi connectivity index (χ3v) is 7.29. The van der Waals surface area contributed by atoms with Crippen molar-refractivity contribution in [2.75, 3.05) is 24.8 Å². The molecule has 1 aliphatic rings. The van der Waals surface area contributed by atoms with Gasteiger partial charge in [0.1, 0.15) is 10.8 Å². The molecule has 2 aromatic heterocycles. The molecule has 7 nitrogen and oxygen atoms in total. The number of anilines is 1. The molecule has 0 saturated carbocycles. The van der Waals surface area contributed by atoms with E-state index in [9.17, 15) is 9.59 Å². The summed E-state index contributed by atoms with van der Waals surface area (Å²) >= 11 is 2.81. The van der Waals surface area contributed by atoms with E-state index in [1.165, 1.54) is 28.0 Å². The van der Waals surface area contributed by atoms with Crippen molar-refractivity contribution in [2.24, 2.45) is 5.92 Å². The summed E-state index contributed by atoms with van der Waals surface area (Å²) in [5, 5.41) is 4.19.